The number of rotatable bonds is 4. The van der Waals surface area contributed by atoms with Crippen molar-refractivity contribution in [1.82, 2.24) is 0 Å². The summed E-state index contributed by atoms with van der Waals surface area (Å²) in [6.45, 7) is 9.26. The van der Waals surface area contributed by atoms with Crippen molar-refractivity contribution in [2.75, 3.05) is 13.7 Å². The molecule has 0 heterocycles. The average molecular weight is 341 g/mol. The second-order valence-electron chi connectivity index (χ2n) is 3.44. The van der Waals surface area contributed by atoms with Crippen LogP contribution in [0.1, 0.15) is 55.4 Å². The van der Waals surface area contributed by atoms with Gasteiger partial charge in [-0.1, -0.05) is 59.0 Å². The van der Waals surface area contributed by atoms with E-state index in [-0.39, 0.29) is 14.9 Å². The molecule has 0 bridgehead atoms. The van der Waals surface area contributed by atoms with Gasteiger partial charge in [-0.05, 0) is 26.7 Å². The highest BCUT2D eigenvalue weighted by Crippen LogP contribution is 1.80. The van der Waals surface area contributed by atoms with E-state index >= 15 is 0 Å². The highest BCUT2D eigenvalue weighted by molar-refractivity contribution is 6.08. The van der Waals surface area contributed by atoms with Gasteiger partial charge in [0.2, 0.25) is 0 Å². The molecule has 0 saturated heterocycles. The van der Waals surface area contributed by atoms with Crippen molar-refractivity contribution in [2.45, 2.75) is 61.4 Å². The maximum absolute atomic E-state index is 4.93. The number of hydrogen-bond donors (Lipinski definition) is 0. The third-order valence-electron chi connectivity index (χ3n) is 1.20. The van der Waals surface area contributed by atoms with Gasteiger partial charge in [-0.15, -0.1) is 0 Å². The maximum atomic E-state index is 4.93. The van der Waals surface area contributed by atoms with E-state index in [0.29, 0.717) is 0 Å². The molecule has 0 aromatic rings. The fourth-order valence-corrected chi connectivity index (χ4v) is 0.824. The Morgan fingerprint density at radius 1 is 0.950 bits per heavy atom. The molecule has 0 aliphatic carbocycles. The van der Waals surface area contributed by atoms with Gasteiger partial charge in [0.15, 0.2) is 0 Å². The summed E-state index contributed by atoms with van der Waals surface area (Å²) in [4.78, 5) is 0. The highest BCUT2D eigenvalue weighted by Gasteiger charge is 1.71. The molecule has 128 valence electrons. The Balaban J connectivity index is -0.0000000337. The predicted molar refractivity (Wildman–Crippen MR) is 111 cm³/mol. The van der Waals surface area contributed by atoms with Gasteiger partial charge in [-0.2, -0.15) is 0 Å². The predicted octanol–water partition coefficient (Wildman–Crippen LogP) is 2.20. The lowest BCUT2D eigenvalue weighted by Crippen LogP contribution is -1.84. The van der Waals surface area contributed by atoms with Crippen LogP contribution < -0.4 is 0 Å². The lowest BCUT2D eigenvalue weighted by molar-refractivity contribution is 0.358. The molecule has 0 spiro atoms. The fourth-order valence-electron chi connectivity index (χ4n) is 0.588. The zero-order chi connectivity index (χ0) is 15.1. The van der Waals surface area contributed by atoms with Gasteiger partial charge in [-0.3, -0.25) is 0 Å². The summed E-state index contributed by atoms with van der Waals surface area (Å²) >= 11 is 0. The minimum atomic E-state index is 0. The minimum Gasteiger partial charge on any atom is -0.431 e. The zero-order valence-electron chi connectivity index (χ0n) is 14.0. The first-order valence-corrected chi connectivity index (χ1v) is 9.82. The van der Waals surface area contributed by atoms with Gasteiger partial charge < -0.3 is 8.85 Å². The van der Waals surface area contributed by atoms with E-state index in [4.69, 9.17) is 4.43 Å². The lowest BCUT2D eigenvalue weighted by Gasteiger charge is -1.88. The molecule has 0 atom stereocenters. The first-order chi connectivity index (χ1) is 8.66. The Kier molecular flexibility index (Phi) is 113. The molecule has 0 aromatic heterocycles. The summed E-state index contributed by atoms with van der Waals surface area (Å²) in [5.74, 6) is 0. The fraction of sp³-hybridized carbons (Fsp3) is 0.733. The van der Waals surface area contributed by atoms with Gasteiger partial charge >= 0.3 is 0 Å². The molecule has 0 saturated carbocycles. The van der Waals surface area contributed by atoms with E-state index in [1.54, 1.807) is 7.11 Å². The molecule has 0 aliphatic heterocycles. The van der Waals surface area contributed by atoms with Crippen molar-refractivity contribution in [3.63, 3.8) is 0 Å². The monoisotopic (exact) mass is 340 g/mol. The standard InChI is InChI=1S/C5H12OSi.C5H10.C2H8Si.CH6OSi.2CH4/c1-2-3-4-5-6-7;1-3-5-4-2;2*1-2-3;;/h2-3H,4-5H2,1,7H3;3,5H,4H2,1-2H3;2H2,1,3H3;1,3H3;2*1H4. The molecule has 5 heteroatoms. The lowest BCUT2D eigenvalue weighted by atomic mass is 10.4. The molecule has 0 radical (unpaired) electrons. The van der Waals surface area contributed by atoms with Crippen LogP contribution in [0.3, 0.4) is 0 Å². The van der Waals surface area contributed by atoms with Crippen LogP contribution in [0.25, 0.3) is 0 Å². The second kappa shape index (κ2) is 61.4. The molecule has 0 rings (SSSR count). The van der Waals surface area contributed by atoms with Gasteiger partial charge in [0, 0.05) is 24.0 Å². The van der Waals surface area contributed by atoms with Crippen LogP contribution in [-0.4, -0.2) is 44.9 Å². The van der Waals surface area contributed by atoms with E-state index in [0.717, 1.165) is 40.4 Å². The summed E-state index contributed by atoms with van der Waals surface area (Å²) in [5.41, 5.74) is 0. The quantitative estimate of drug-likeness (QED) is 0.444. The van der Waals surface area contributed by atoms with E-state index in [1.165, 1.54) is 16.3 Å². The van der Waals surface area contributed by atoms with E-state index in [2.05, 4.69) is 36.5 Å². The van der Waals surface area contributed by atoms with E-state index in [1.807, 2.05) is 19.9 Å². The molecular formula is C15H44O2Si3. The molecule has 0 N–H and O–H groups in total. The van der Waals surface area contributed by atoms with Gasteiger partial charge in [0.05, 0.1) is 0 Å². The second-order valence-corrected chi connectivity index (χ2v) is 6.25. The number of hydrogen-bond acceptors (Lipinski definition) is 2. The normalized spacial score (nSPS) is 8.45. The molecule has 0 aliphatic rings. The Hall–Kier alpha value is 0.0506. The summed E-state index contributed by atoms with van der Waals surface area (Å²) < 4.78 is 9.32. The Morgan fingerprint density at radius 3 is 1.45 bits per heavy atom. The smallest absolute Gasteiger partial charge is 0.145 e. The maximum Gasteiger partial charge on any atom is 0.145 e. The van der Waals surface area contributed by atoms with Crippen LogP contribution in [0.4, 0.5) is 0 Å². The van der Waals surface area contributed by atoms with Crippen LogP contribution in [0.15, 0.2) is 24.3 Å². The first kappa shape index (κ1) is 36.9. The Bertz CT molecular complexity index is 139. The SMILES string of the molecule is C.C.CC=CCC.CC=CCCO[SiH3].CC[SiH3].CO[SiH3]. The summed E-state index contributed by atoms with van der Waals surface area (Å²) in [6.07, 6.45) is 10.6. The van der Waals surface area contributed by atoms with Gasteiger partial charge in [0.1, 0.15) is 21.0 Å². The molecule has 0 amide bonds. The third-order valence-corrected chi connectivity index (χ3v) is 1.60. The van der Waals surface area contributed by atoms with Crippen LogP contribution >= 0.6 is 0 Å². The summed E-state index contributed by atoms with van der Waals surface area (Å²) in [5, 5.41) is 0. The van der Waals surface area contributed by atoms with Crippen molar-refractivity contribution in [3.05, 3.63) is 24.3 Å². The Morgan fingerprint density at radius 2 is 1.30 bits per heavy atom. The highest BCUT2D eigenvalue weighted by atomic mass is 28.2. The van der Waals surface area contributed by atoms with Gasteiger partial charge in [-0.25, -0.2) is 0 Å². The molecular weight excluding hydrogens is 296 g/mol. The Labute approximate surface area is 139 Å². The van der Waals surface area contributed by atoms with Crippen molar-refractivity contribution in [2.24, 2.45) is 0 Å². The van der Waals surface area contributed by atoms with Crippen LogP contribution in [-0.2, 0) is 8.85 Å². The van der Waals surface area contributed by atoms with E-state index in [9.17, 15) is 0 Å². The minimum absolute atomic E-state index is 0. The molecule has 0 fully saturated rings. The van der Waals surface area contributed by atoms with Crippen LogP contribution in [0.2, 0.25) is 6.04 Å². The van der Waals surface area contributed by atoms with Crippen molar-refractivity contribution >= 4 is 31.2 Å². The largest absolute Gasteiger partial charge is 0.431 e. The van der Waals surface area contributed by atoms with Gasteiger partial charge in [0.25, 0.3) is 0 Å². The topological polar surface area (TPSA) is 18.5 Å². The molecule has 0 aromatic carbocycles. The average Bonchev–Trinajstić information content (AvgIpc) is 2.34. The van der Waals surface area contributed by atoms with Crippen molar-refractivity contribution in [1.29, 1.82) is 0 Å². The number of allylic oxidation sites excluding steroid dienone is 3. The summed E-state index contributed by atoms with van der Waals surface area (Å²) in [6, 6.07) is 1.39. The van der Waals surface area contributed by atoms with Crippen LogP contribution in [0.5, 0.6) is 0 Å². The van der Waals surface area contributed by atoms with Crippen LogP contribution in [0, 0.1) is 0 Å². The third kappa shape index (κ3) is 143. The molecule has 0 unspecified atom stereocenters. The zero-order valence-corrected chi connectivity index (χ0v) is 20.0. The van der Waals surface area contributed by atoms with E-state index < -0.39 is 0 Å². The molecule has 2 nitrogen and oxygen atoms in total. The van der Waals surface area contributed by atoms with Crippen molar-refractivity contribution in [3.8, 4) is 0 Å². The van der Waals surface area contributed by atoms with Crippen molar-refractivity contribution < 1.29 is 8.85 Å². The summed E-state index contributed by atoms with van der Waals surface area (Å²) in [7, 11) is 4.80. The first-order valence-electron chi connectivity index (χ1n) is 6.77. The molecule has 20 heavy (non-hydrogen) atoms.